The van der Waals surface area contributed by atoms with E-state index in [1.807, 2.05) is 6.07 Å². The van der Waals surface area contributed by atoms with Crippen molar-refractivity contribution in [2.45, 2.75) is 26.4 Å². The first-order chi connectivity index (χ1) is 7.40. The summed E-state index contributed by atoms with van der Waals surface area (Å²) in [5.41, 5.74) is 0.185. The first kappa shape index (κ1) is 14.6. The van der Waals surface area contributed by atoms with E-state index in [4.69, 9.17) is 5.26 Å². The molecule has 4 nitrogen and oxygen atoms in total. The maximum absolute atomic E-state index is 10.8. The monoisotopic (exact) mass is 226 g/mol. The Morgan fingerprint density at radius 3 is 1.94 bits per heavy atom. The van der Waals surface area contributed by atoms with E-state index in [1.54, 1.807) is 45.0 Å². The van der Waals surface area contributed by atoms with Crippen LogP contribution >= 0.6 is 0 Å². The number of hydrogen-bond acceptors (Lipinski definition) is 4. The van der Waals surface area contributed by atoms with E-state index in [0.29, 0.717) is 5.56 Å². The molecule has 0 saturated heterocycles. The summed E-state index contributed by atoms with van der Waals surface area (Å²) in [5.74, 6) is -0.291. The van der Waals surface area contributed by atoms with Gasteiger partial charge in [0.05, 0.1) is 18.3 Å². The number of benzene rings is 1. The molecule has 0 unspecified atom stereocenters. The van der Waals surface area contributed by atoms with Crippen molar-refractivity contribution in [1.82, 2.24) is 0 Å². The zero-order chi connectivity index (χ0) is 12.6. The van der Waals surface area contributed by atoms with Crippen LogP contribution in [0.2, 0.25) is 0 Å². The SMILES string of the molecule is CC(C)(C)OO.COC(=O)c1ccccc1. The van der Waals surface area contributed by atoms with Crippen LogP contribution in [0.3, 0.4) is 0 Å². The molecular weight excluding hydrogens is 208 g/mol. The van der Waals surface area contributed by atoms with Gasteiger partial charge >= 0.3 is 5.97 Å². The Morgan fingerprint density at radius 2 is 1.62 bits per heavy atom. The van der Waals surface area contributed by atoms with Gasteiger partial charge in [0, 0.05) is 0 Å². The van der Waals surface area contributed by atoms with Crippen molar-refractivity contribution in [1.29, 1.82) is 0 Å². The van der Waals surface area contributed by atoms with Crippen LogP contribution in [0.5, 0.6) is 0 Å². The number of hydrogen-bond donors (Lipinski definition) is 1. The van der Waals surface area contributed by atoms with Crippen LogP contribution in [0, 0.1) is 0 Å². The summed E-state index contributed by atoms with van der Waals surface area (Å²) in [7, 11) is 1.37. The van der Waals surface area contributed by atoms with Crippen molar-refractivity contribution >= 4 is 5.97 Å². The average Bonchev–Trinajstić information content (AvgIpc) is 2.29. The molecule has 4 heteroatoms. The Morgan fingerprint density at radius 1 is 1.19 bits per heavy atom. The smallest absolute Gasteiger partial charge is 0.337 e. The van der Waals surface area contributed by atoms with Gasteiger partial charge in [-0.1, -0.05) is 18.2 Å². The molecule has 0 aromatic heterocycles. The third-order valence-electron chi connectivity index (χ3n) is 1.47. The van der Waals surface area contributed by atoms with Crippen molar-refractivity contribution in [3.05, 3.63) is 35.9 Å². The Kier molecular flexibility index (Phi) is 6.37. The second-order valence-electron chi connectivity index (χ2n) is 4.06. The summed E-state index contributed by atoms with van der Waals surface area (Å²) in [6.45, 7) is 5.31. The summed E-state index contributed by atoms with van der Waals surface area (Å²) in [5, 5.41) is 7.90. The predicted octanol–water partition coefficient (Wildman–Crippen LogP) is 2.75. The van der Waals surface area contributed by atoms with E-state index in [2.05, 4.69) is 9.62 Å². The molecule has 0 aliphatic rings. The zero-order valence-corrected chi connectivity index (χ0v) is 10.1. The lowest BCUT2D eigenvalue weighted by molar-refractivity contribution is -0.306. The lowest BCUT2D eigenvalue weighted by atomic mass is 10.2. The molecule has 1 aromatic rings. The normalized spacial score (nSPS) is 10.1. The van der Waals surface area contributed by atoms with Crippen LogP contribution in [-0.4, -0.2) is 23.9 Å². The number of carbonyl (C=O) groups excluding carboxylic acids is 1. The Balaban J connectivity index is 0.000000325. The Hall–Kier alpha value is -1.39. The molecule has 0 heterocycles. The summed E-state index contributed by atoms with van der Waals surface area (Å²) in [6.07, 6.45) is 0. The minimum atomic E-state index is -0.403. The van der Waals surface area contributed by atoms with Gasteiger partial charge in [-0.05, 0) is 32.9 Å². The van der Waals surface area contributed by atoms with Gasteiger partial charge in [-0.2, -0.15) is 0 Å². The standard InChI is InChI=1S/C8H8O2.C4H10O2/c1-10-8(9)7-5-3-2-4-6-7;1-4(2,3)6-5/h2-6H,1H3;5H,1-3H3. The lowest BCUT2D eigenvalue weighted by Crippen LogP contribution is -2.15. The topological polar surface area (TPSA) is 55.8 Å². The van der Waals surface area contributed by atoms with E-state index in [-0.39, 0.29) is 5.97 Å². The van der Waals surface area contributed by atoms with Crippen LogP contribution in [0.15, 0.2) is 30.3 Å². The molecule has 0 saturated carbocycles. The maximum atomic E-state index is 10.8. The fourth-order valence-electron chi connectivity index (χ4n) is 0.692. The first-order valence-corrected chi connectivity index (χ1v) is 4.86. The Bertz CT molecular complexity index is 301. The van der Waals surface area contributed by atoms with Crippen LogP contribution in [0.4, 0.5) is 0 Å². The number of carbonyl (C=O) groups is 1. The van der Waals surface area contributed by atoms with Crippen LogP contribution in [-0.2, 0) is 9.62 Å². The van der Waals surface area contributed by atoms with Gasteiger partial charge in [-0.3, -0.25) is 5.26 Å². The second kappa shape index (κ2) is 6.98. The molecule has 1 aromatic carbocycles. The fourth-order valence-corrected chi connectivity index (χ4v) is 0.692. The van der Waals surface area contributed by atoms with E-state index >= 15 is 0 Å². The van der Waals surface area contributed by atoms with Gasteiger partial charge in [-0.25, -0.2) is 9.68 Å². The predicted molar refractivity (Wildman–Crippen MR) is 61.2 cm³/mol. The fraction of sp³-hybridized carbons (Fsp3) is 0.417. The number of ether oxygens (including phenoxy) is 1. The highest BCUT2D eigenvalue weighted by atomic mass is 17.1. The third kappa shape index (κ3) is 6.98. The highest BCUT2D eigenvalue weighted by Crippen LogP contribution is 2.01. The van der Waals surface area contributed by atoms with Gasteiger partial charge in [0.15, 0.2) is 0 Å². The number of esters is 1. The molecule has 0 atom stereocenters. The van der Waals surface area contributed by atoms with Gasteiger partial charge in [0.2, 0.25) is 0 Å². The van der Waals surface area contributed by atoms with Crippen molar-refractivity contribution in [3.63, 3.8) is 0 Å². The van der Waals surface area contributed by atoms with E-state index < -0.39 is 5.60 Å². The minimum Gasteiger partial charge on any atom is -0.465 e. The Labute approximate surface area is 95.7 Å². The van der Waals surface area contributed by atoms with Crippen LogP contribution in [0.1, 0.15) is 31.1 Å². The van der Waals surface area contributed by atoms with E-state index in [9.17, 15) is 4.79 Å². The lowest BCUT2D eigenvalue weighted by Gasteiger charge is -2.10. The molecule has 1 N–H and O–H groups in total. The molecule has 0 aliphatic heterocycles. The van der Waals surface area contributed by atoms with E-state index in [1.165, 1.54) is 7.11 Å². The van der Waals surface area contributed by atoms with Gasteiger partial charge in [0.1, 0.15) is 0 Å². The van der Waals surface area contributed by atoms with Crippen molar-refractivity contribution < 1.29 is 19.7 Å². The summed E-state index contributed by atoms with van der Waals surface area (Å²) >= 11 is 0. The van der Waals surface area contributed by atoms with Gasteiger partial charge in [0.25, 0.3) is 0 Å². The van der Waals surface area contributed by atoms with Gasteiger partial charge < -0.3 is 4.74 Å². The summed E-state index contributed by atoms with van der Waals surface area (Å²) in [6, 6.07) is 8.88. The van der Waals surface area contributed by atoms with Crippen molar-refractivity contribution in [3.8, 4) is 0 Å². The minimum absolute atomic E-state index is 0.291. The first-order valence-electron chi connectivity index (χ1n) is 4.86. The molecule has 1 rings (SSSR count). The van der Waals surface area contributed by atoms with Crippen LogP contribution in [0.25, 0.3) is 0 Å². The molecular formula is C12H18O4. The van der Waals surface area contributed by atoms with Crippen LogP contribution < -0.4 is 0 Å². The third-order valence-corrected chi connectivity index (χ3v) is 1.47. The molecule has 0 fully saturated rings. The highest BCUT2D eigenvalue weighted by Gasteiger charge is 2.07. The highest BCUT2D eigenvalue weighted by molar-refractivity contribution is 5.89. The summed E-state index contributed by atoms with van der Waals surface area (Å²) in [4.78, 5) is 14.7. The quantitative estimate of drug-likeness (QED) is 0.454. The molecule has 90 valence electrons. The molecule has 0 radical (unpaired) electrons. The molecule has 0 bridgehead atoms. The molecule has 0 spiro atoms. The number of rotatable bonds is 1. The largest absolute Gasteiger partial charge is 0.465 e. The molecule has 0 aliphatic carbocycles. The van der Waals surface area contributed by atoms with Crippen molar-refractivity contribution in [2.75, 3.05) is 7.11 Å². The van der Waals surface area contributed by atoms with E-state index in [0.717, 1.165) is 0 Å². The molecule has 0 amide bonds. The van der Waals surface area contributed by atoms with Crippen molar-refractivity contribution in [2.24, 2.45) is 0 Å². The maximum Gasteiger partial charge on any atom is 0.337 e. The number of methoxy groups -OCH3 is 1. The van der Waals surface area contributed by atoms with Gasteiger partial charge in [-0.15, -0.1) is 0 Å². The second-order valence-corrected chi connectivity index (χ2v) is 4.06. The zero-order valence-electron chi connectivity index (χ0n) is 10.1. The molecule has 16 heavy (non-hydrogen) atoms. The summed E-state index contributed by atoms with van der Waals surface area (Å²) < 4.78 is 4.50. The average molecular weight is 226 g/mol.